The van der Waals surface area contributed by atoms with Crippen LogP contribution in [0.2, 0.25) is 0 Å². The van der Waals surface area contributed by atoms with Gasteiger partial charge in [0.05, 0.1) is 6.33 Å². The van der Waals surface area contributed by atoms with Gasteiger partial charge < -0.3 is 9.67 Å². The Labute approximate surface area is 106 Å². The molecule has 0 fully saturated rings. The third kappa shape index (κ3) is 3.30. The number of imidazole rings is 1. The van der Waals surface area contributed by atoms with Gasteiger partial charge in [-0.15, -0.1) is 0 Å². The summed E-state index contributed by atoms with van der Waals surface area (Å²) in [6.07, 6.45) is 2.75. The van der Waals surface area contributed by atoms with E-state index < -0.39 is 22.0 Å². The number of nitrogens with one attached hydrogen (secondary N) is 1. The van der Waals surface area contributed by atoms with Crippen LogP contribution in [0.4, 0.5) is 0 Å². The predicted octanol–water partition coefficient (Wildman–Crippen LogP) is 0.290. The van der Waals surface area contributed by atoms with E-state index in [-0.39, 0.29) is 10.9 Å². The van der Waals surface area contributed by atoms with Gasteiger partial charge in [-0.25, -0.2) is 13.4 Å². The molecule has 0 aromatic carbocycles. The molecule has 0 aliphatic rings. The zero-order valence-corrected chi connectivity index (χ0v) is 11.3. The molecule has 1 atom stereocenters. The molecule has 2 N–H and O–H groups in total. The summed E-state index contributed by atoms with van der Waals surface area (Å²) >= 11 is 0. The highest BCUT2D eigenvalue weighted by atomic mass is 32.2. The summed E-state index contributed by atoms with van der Waals surface area (Å²) in [6.45, 7) is 5.70. The van der Waals surface area contributed by atoms with Crippen LogP contribution in [0.5, 0.6) is 0 Å². The molecule has 1 aromatic rings. The molecule has 1 heterocycles. The van der Waals surface area contributed by atoms with Gasteiger partial charge in [0, 0.05) is 12.7 Å². The van der Waals surface area contributed by atoms with Gasteiger partial charge in [0.15, 0.2) is 5.03 Å². The van der Waals surface area contributed by atoms with E-state index in [4.69, 9.17) is 5.11 Å². The number of carboxylic acids is 1. The van der Waals surface area contributed by atoms with Gasteiger partial charge in [0.1, 0.15) is 6.04 Å². The zero-order chi connectivity index (χ0) is 13.9. The summed E-state index contributed by atoms with van der Waals surface area (Å²) in [5.74, 6) is -1.56. The number of aromatic nitrogens is 2. The van der Waals surface area contributed by atoms with Crippen LogP contribution in [0, 0.1) is 5.92 Å². The lowest BCUT2D eigenvalue weighted by Crippen LogP contribution is -2.44. The summed E-state index contributed by atoms with van der Waals surface area (Å²) in [5.41, 5.74) is 0. The number of hydrogen-bond donors (Lipinski definition) is 2. The van der Waals surface area contributed by atoms with Crippen LogP contribution < -0.4 is 4.72 Å². The second-order valence-electron chi connectivity index (χ2n) is 4.22. The fourth-order valence-electron chi connectivity index (χ4n) is 1.35. The molecule has 0 amide bonds. The van der Waals surface area contributed by atoms with E-state index in [0.29, 0.717) is 6.54 Å². The van der Waals surface area contributed by atoms with Crippen molar-refractivity contribution in [3.63, 3.8) is 0 Å². The maximum atomic E-state index is 11.9. The van der Waals surface area contributed by atoms with Crippen LogP contribution >= 0.6 is 0 Å². The van der Waals surface area contributed by atoms with E-state index in [9.17, 15) is 13.2 Å². The molecular weight excluding hydrogens is 258 g/mol. The van der Waals surface area contributed by atoms with Crippen molar-refractivity contribution in [2.45, 2.75) is 38.4 Å². The molecule has 0 saturated heterocycles. The molecule has 7 nitrogen and oxygen atoms in total. The third-order valence-electron chi connectivity index (χ3n) is 2.46. The number of sulfonamides is 1. The van der Waals surface area contributed by atoms with E-state index in [2.05, 4.69) is 9.71 Å². The van der Waals surface area contributed by atoms with Crippen molar-refractivity contribution in [2.75, 3.05) is 0 Å². The van der Waals surface area contributed by atoms with E-state index >= 15 is 0 Å². The Morgan fingerprint density at radius 1 is 1.56 bits per heavy atom. The molecular formula is C10H17N3O4S. The van der Waals surface area contributed by atoms with E-state index in [1.807, 2.05) is 6.92 Å². The quantitative estimate of drug-likeness (QED) is 0.777. The lowest BCUT2D eigenvalue weighted by Gasteiger charge is -2.16. The second-order valence-corrected chi connectivity index (χ2v) is 5.88. The van der Waals surface area contributed by atoms with Gasteiger partial charge in [-0.1, -0.05) is 13.8 Å². The van der Waals surface area contributed by atoms with E-state index in [1.54, 1.807) is 18.4 Å². The Kier molecular flexibility index (Phi) is 4.47. The first kappa shape index (κ1) is 14.7. The molecule has 0 spiro atoms. The lowest BCUT2D eigenvalue weighted by molar-refractivity contribution is -0.140. The third-order valence-corrected chi connectivity index (χ3v) is 3.79. The largest absolute Gasteiger partial charge is 0.480 e. The number of aliphatic carboxylic acids is 1. The van der Waals surface area contributed by atoms with Crippen molar-refractivity contribution in [1.82, 2.24) is 14.3 Å². The van der Waals surface area contributed by atoms with Gasteiger partial charge in [-0.2, -0.15) is 4.72 Å². The highest BCUT2D eigenvalue weighted by Crippen LogP contribution is 2.10. The molecule has 8 heteroatoms. The first-order valence-electron chi connectivity index (χ1n) is 5.54. The van der Waals surface area contributed by atoms with Crippen molar-refractivity contribution < 1.29 is 18.3 Å². The Balaban J connectivity index is 2.96. The fourth-order valence-corrected chi connectivity index (χ4v) is 2.64. The summed E-state index contributed by atoms with van der Waals surface area (Å²) < 4.78 is 27.6. The van der Waals surface area contributed by atoms with Crippen LogP contribution in [0.15, 0.2) is 17.6 Å². The highest BCUT2D eigenvalue weighted by Gasteiger charge is 2.29. The van der Waals surface area contributed by atoms with Crippen molar-refractivity contribution in [2.24, 2.45) is 5.92 Å². The molecule has 0 aliphatic carbocycles. The maximum absolute atomic E-state index is 11.9. The van der Waals surface area contributed by atoms with Crippen molar-refractivity contribution in [1.29, 1.82) is 0 Å². The van der Waals surface area contributed by atoms with E-state index in [0.717, 1.165) is 0 Å². The standard InChI is InChI=1S/C10H17N3O4S/c1-4-13-5-8(11-6-13)18(16,17)12-9(7(2)3)10(14)15/h5-7,9,12H,4H2,1-3H3,(H,14,15)/t9-/m0/s1. The number of rotatable bonds is 6. The number of hydrogen-bond acceptors (Lipinski definition) is 4. The first-order valence-corrected chi connectivity index (χ1v) is 7.03. The number of nitrogens with zero attached hydrogens (tertiary/aromatic N) is 2. The fraction of sp³-hybridized carbons (Fsp3) is 0.600. The second kappa shape index (κ2) is 5.49. The normalized spacial score (nSPS) is 13.8. The average molecular weight is 275 g/mol. The van der Waals surface area contributed by atoms with Crippen molar-refractivity contribution in [3.8, 4) is 0 Å². The molecule has 18 heavy (non-hydrogen) atoms. The number of aryl methyl sites for hydroxylation is 1. The first-order chi connectivity index (χ1) is 8.27. The molecule has 1 rings (SSSR count). The van der Waals surface area contributed by atoms with Crippen LogP contribution in [0.25, 0.3) is 0 Å². The predicted molar refractivity (Wildman–Crippen MR) is 64.5 cm³/mol. The van der Waals surface area contributed by atoms with Crippen LogP contribution in [-0.2, 0) is 21.4 Å². The molecule has 0 radical (unpaired) electrons. The van der Waals surface area contributed by atoms with Gasteiger partial charge in [0.25, 0.3) is 10.0 Å². The minimum absolute atomic E-state index is 0.170. The molecule has 0 saturated carbocycles. The van der Waals surface area contributed by atoms with Gasteiger partial charge >= 0.3 is 5.97 Å². The summed E-state index contributed by atoms with van der Waals surface area (Å²) in [6, 6.07) is -1.17. The monoisotopic (exact) mass is 275 g/mol. The minimum Gasteiger partial charge on any atom is -0.480 e. The summed E-state index contributed by atoms with van der Waals surface area (Å²) in [7, 11) is -3.90. The summed E-state index contributed by atoms with van der Waals surface area (Å²) in [4.78, 5) is 14.7. The smallest absolute Gasteiger partial charge is 0.322 e. The SMILES string of the molecule is CCn1cnc(S(=O)(=O)N[C@H](C(=O)O)C(C)C)c1. The molecule has 0 aliphatic heterocycles. The van der Waals surface area contributed by atoms with Crippen LogP contribution in [0.3, 0.4) is 0 Å². The molecule has 0 unspecified atom stereocenters. The van der Waals surface area contributed by atoms with Crippen molar-refractivity contribution >= 4 is 16.0 Å². The lowest BCUT2D eigenvalue weighted by atomic mass is 10.1. The minimum atomic E-state index is -3.90. The van der Waals surface area contributed by atoms with Crippen LogP contribution in [-0.4, -0.2) is 35.1 Å². The topological polar surface area (TPSA) is 101 Å². The Bertz CT molecular complexity index is 521. The molecule has 102 valence electrons. The molecule has 0 bridgehead atoms. The van der Waals surface area contributed by atoms with Gasteiger partial charge in [-0.3, -0.25) is 4.79 Å². The zero-order valence-electron chi connectivity index (χ0n) is 10.5. The highest BCUT2D eigenvalue weighted by molar-refractivity contribution is 7.89. The maximum Gasteiger partial charge on any atom is 0.322 e. The van der Waals surface area contributed by atoms with E-state index in [1.165, 1.54) is 12.5 Å². The Morgan fingerprint density at radius 2 is 2.17 bits per heavy atom. The Morgan fingerprint density at radius 3 is 2.56 bits per heavy atom. The van der Waals surface area contributed by atoms with Crippen molar-refractivity contribution in [3.05, 3.63) is 12.5 Å². The number of carboxylic acid groups (broad SMARTS) is 1. The Hall–Kier alpha value is -1.41. The molecule has 1 aromatic heterocycles. The van der Waals surface area contributed by atoms with Gasteiger partial charge in [-0.05, 0) is 12.8 Å². The average Bonchev–Trinajstić information content (AvgIpc) is 2.74. The van der Waals surface area contributed by atoms with Crippen LogP contribution in [0.1, 0.15) is 20.8 Å². The number of carbonyl (C=O) groups is 1. The van der Waals surface area contributed by atoms with Gasteiger partial charge in [0.2, 0.25) is 0 Å². The summed E-state index contributed by atoms with van der Waals surface area (Å²) in [5, 5.41) is 8.78.